The molecular weight excluding hydrogens is 264 g/mol. The molecule has 1 aromatic carbocycles. The monoisotopic (exact) mass is 290 g/mol. The number of piperidine rings is 1. The lowest BCUT2D eigenvalue weighted by atomic mass is 9.97. The van der Waals surface area contributed by atoms with Crippen molar-refractivity contribution in [1.82, 2.24) is 10.2 Å². The lowest BCUT2D eigenvalue weighted by Crippen LogP contribution is -2.52. The van der Waals surface area contributed by atoms with Crippen LogP contribution in [0.1, 0.15) is 38.2 Å². The number of likely N-dealkylation sites (N-methyl/N-ethyl adjacent to an activating group) is 1. The second kappa shape index (κ2) is 7.46. The molecule has 1 heterocycles. The maximum Gasteiger partial charge on any atom is 0.237 e. The number of rotatable bonds is 5. The van der Waals surface area contributed by atoms with Crippen molar-refractivity contribution in [2.24, 2.45) is 0 Å². The molecule has 0 saturated carbocycles. The number of carbonyl (C=O) groups is 1. The Morgan fingerprint density at radius 1 is 1.38 bits per heavy atom. The molecule has 0 radical (unpaired) electrons. The summed E-state index contributed by atoms with van der Waals surface area (Å²) in [5, 5.41) is 12.1. The first-order valence-corrected chi connectivity index (χ1v) is 7.87. The Bertz CT molecular complexity index is 458. The molecule has 1 fully saturated rings. The number of benzene rings is 1. The van der Waals surface area contributed by atoms with Crippen molar-refractivity contribution in [3.05, 3.63) is 29.8 Å². The van der Waals surface area contributed by atoms with Crippen molar-refractivity contribution in [1.29, 1.82) is 0 Å². The zero-order chi connectivity index (χ0) is 15.2. The first kappa shape index (κ1) is 15.8. The normalized spacial score (nSPS) is 21.0. The Hall–Kier alpha value is -1.55. The number of aryl methyl sites for hydroxylation is 1. The summed E-state index contributed by atoms with van der Waals surface area (Å²) in [4.78, 5) is 14.4. The van der Waals surface area contributed by atoms with Gasteiger partial charge in [-0.3, -0.25) is 9.69 Å². The van der Waals surface area contributed by atoms with Crippen LogP contribution < -0.4 is 5.32 Å². The van der Waals surface area contributed by atoms with Crippen molar-refractivity contribution in [3.8, 4) is 5.75 Å². The summed E-state index contributed by atoms with van der Waals surface area (Å²) < 4.78 is 0. The van der Waals surface area contributed by atoms with Gasteiger partial charge < -0.3 is 10.4 Å². The van der Waals surface area contributed by atoms with Gasteiger partial charge in [-0.1, -0.05) is 18.6 Å². The van der Waals surface area contributed by atoms with E-state index >= 15 is 0 Å². The molecule has 2 unspecified atom stereocenters. The van der Waals surface area contributed by atoms with Crippen LogP contribution in [0.2, 0.25) is 0 Å². The van der Waals surface area contributed by atoms with E-state index in [0.29, 0.717) is 11.8 Å². The van der Waals surface area contributed by atoms with Gasteiger partial charge in [0.2, 0.25) is 5.91 Å². The minimum absolute atomic E-state index is 0.0265. The van der Waals surface area contributed by atoms with Crippen LogP contribution in [0.25, 0.3) is 0 Å². The summed E-state index contributed by atoms with van der Waals surface area (Å²) in [6.07, 6.45) is 5.27. The predicted molar refractivity (Wildman–Crippen MR) is 84.3 cm³/mol. The molecule has 0 bridgehead atoms. The number of nitrogens with zero attached hydrogens (tertiary/aromatic N) is 1. The van der Waals surface area contributed by atoms with Gasteiger partial charge in [-0.05, 0) is 56.8 Å². The quantitative estimate of drug-likeness (QED) is 0.875. The van der Waals surface area contributed by atoms with E-state index < -0.39 is 0 Å². The third-order valence-electron chi connectivity index (χ3n) is 4.45. The van der Waals surface area contributed by atoms with Gasteiger partial charge in [-0.15, -0.1) is 0 Å². The number of hydrogen-bond donors (Lipinski definition) is 2. The first-order valence-electron chi connectivity index (χ1n) is 7.87. The molecule has 21 heavy (non-hydrogen) atoms. The molecule has 1 saturated heterocycles. The summed E-state index contributed by atoms with van der Waals surface area (Å²) in [6, 6.07) is 7.81. The van der Waals surface area contributed by atoms with Crippen LogP contribution in [0.5, 0.6) is 5.75 Å². The summed E-state index contributed by atoms with van der Waals surface area (Å²) >= 11 is 0. The maximum absolute atomic E-state index is 12.0. The lowest BCUT2D eigenvalue weighted by molar-refractivity contribution is -0.128. The molecule has 116 valence electrons. The summed E-state index contributed by atoms with van der Waals surface area (Å²) in [7, 11) is 1.72. The highest BCUT2D eigenvalue weighted by Gasteiger charge is 2.30. The average Bonchev–Trinajstić information content (AvgIpc) is 2.53. The van der Waals surface area contributed by atoms with E-state index in [1.807, 2.05) is 12.1 Å². The standard InChI is InChI=1S/C17H26N2O2/c1-13(6-7-14-8-10-15(20)11-9-14)19-12-4-3-5-16(19)17(21)18-2/h8-11,13,16,20H,3-7,12H2,1-2H3,(H,18,21). The Morgan fingerprint density at radius 3 is 2.76 bits per heavy atom. The highest BCUT2D eigenvalue weighted by molar-refractivity contribution is 5.81. The Morgan fingerprint density at radius 2 is 2.10 bits per heavy atom. The molecule has 1 aliphatic heterocycles. The Balaban J connectivity index is 1.92. The van der Waals surface area contributed by atoms with E-state index in [4.69, 9.17) is 0 Å². The van der Waals surface area contributed by atoms with E-state index in [-0.39, 0.29) is 11.9 Å². The van der Waals surface area contributed by atoms with Gasteiger partial charge in [0.05, 0.1) is 6.04 Å². The molecule has 0 spiro atoms. The van der Waals surface area contributed by atoms with Crippen LogP contribution in [0.4, 0.5) is 0 Å². The molecule has 4 heteroatoms. The number of phenolic OH excluding ortho intramolecular Hbond substituents is 1. The molecule has 4 nitrogen and oxygen atoms in total. The number of hydrogen-bond acceptors (Lipinski definition) is 3. The number of carbonyl (C=O) groups excluding carboxylic acids is 1. The zero-order valence-corrected chi connectivity index (χ0v) is 13.0. The fraction of sp³-hybridized carbons (Fsp3) is 0.588. The molecular formula is C17H26N2O2. The smallest absolute Gasteiger partial charge is 0.237 e. The van der Waals surface area contributed by atoms with Crippen molar-refractivity contribution < 1.29 is 9.90 Å². The average molecular weight is 290 g/mol. The van der Waals surface area contributed by atoms with Gasteiger partial charge in [0, 0.05) is 13.1 Å². The van der Waals surface area contributed by atoms with Gasteiger partial charge in [0.1, 0.15) is 5.75 Å². The lowest BCUT2D eigenvalue weighted by Gasteiger charge is -2.38. The van der Waals surface area contributed by atoms with E-state index in [0.717, 1.165) is 32.2 Å². The van der Waals surface area contributed by atoms with E-state index in [2.05, 4.69) is 17.1 Å². The second-order valence-corrected chi connectivity index (χ2v) is 5.92. The number of phenols is 1. The number of likely N-dealkylation sites (tertiary alicyclic amines) is 1. The molecule has 0 aromatic heterocycles. The molecule has 2 N–H and O–H groups in total. The molecule has 1 aliphatic rings. The Kier molecular flexibility index (Phi) is 5.62. The largest absolute Gasteiger partial charge is 0.508 e. The van der Waals surface area contributed by atoms with Gasteiger partial charge in [0.15, 0.2) is 0 Å². The zero-order valence-electron chi connectivity index (χ0n) is 13.0. The number of aromatic hydroxyl groups is 1. The van der Waals surface area contributed by atoms with E-state index in [9.17, 15) is 9.90 Å². The van der Waals surface area contributed by atoms with E-state index in [1.165, 1.54) is 12.0 Å². The van der Waals surface area contributed by atoms with Crippen molar-refractivity contribution in [2.45, 2.75) is 51.1 Å². The summed E-state index contributed by atoms with van der Waals surface area (Å²) in [5.41, 5.74) is 1.23. The van der Waals surface area contributed by atoms with Crippen LogP contribution in [0.15, 0.2) is 24.3 Å². The van der Waals surface area contributed by atoms with Crippen LogP contribution in [-0.2, 0) is 11.2 Å². The fourth-order valence-electron chi connectivity index (χ4n) is 3.13. The molecule has 2 atom stereocenters. The van der Waals surface area contributed by atoms with Crippen LogP contribution in [0.3, 0.4) is 0 Å². The van der Waals surface area contributed by atoms with E-state index in [1.54, 1.807) is 19.2 Å². The minimum Gasteiger partial charge on any atom is -0.508 e. The minimum atomic E-state index is 0.0265. The van der Waals surface area contributed by atoms with Gasteiger partial charge in [-0.25, -0.2) is 0 Å². The number of nitrogens with one attached hydrogen (secondary N) is 1. The third kappa shape index (κ3) is 4.21. The molecule has 2 rings (SSSR count). The highest BCUT2D eigenvalue weighted by atomic mass is 16.3. The van der Waals surface area contributed by atoms with Crippen LogP contribution >= 0.6 is 0 Å². The highest BCUT2D eigenvalue weighted by Crippen LogP contribution is 2.22. The van der Waals surface area contributed by atoms with Gasteiger partial charge in [-0.2, -0.15) is 0 Å². The van der Waals surface area contributed by atoms with Crippen molar-refractivity contribution in [2.75, 3.05) is 13.6 Å². The predicted octanol–water partition coefficient (Wildman–Crippen LogP) is 2.31. The van der Waals surface area contributed by atoms with Crippen molar-refractivity contribution in [3.63, 3.8) is 0 Å². The van der Waals surface area contributed by atoms with Crippen LogP contribution in [-0.4, -0.2) is 41.6 Å². The molecule has 1 amide bonds. The van der Waals surface area contributed by atoms with Gasteiger partial charge in [0.25, 0.3) is 0 Å². The van der Waals surface area contributed by atoms with Crippen molar-refractivity contribution >= 4 is 5.91 Å². The second-order valence-electron chi connectivity index (χ2n) is 5.92. The topological polar surface area (TPSA) is 52.6 Å². The SMILES string of the molecule is CNC(=O)C1CCCCN1C(C)CCc1ccc(O)cc1. The summed E-state index contributed by atoms with van der Waals surface area (Å²) in [5.74, 6) is 0.452. The third-order valence-corrected chi connectivity index (χ3v) is 4.45. The van der Waals surface area contributed by atoms with Gasteiger partial charge >= 0.3 is 0 Å². The Labute approximate surface area is 127 Å². The number of amides is 1. The fourth-order valence-corrected chi connectivity index (χ4v) is 3.13. The molecule has 1 aromatic rings. The summed E-state index contributed by atoms with van der Waals surface area (Å²) in [6.45, 7) is 3.22. The molecule has 0 aliphatic carbocycles. The first-order chi connectivity index (χ1) is 10.1. The van der Waals surface area contributed by atoms with Crippen LogP contribution in [0, 0.1) is 0 Å². The maximum atomic E-state index is 12.0.